The van der Waals surface area contributed by atoms with Gasteiger partial charge in [0.25, 0.3) is 5.91 Å². The third-order valence-electron chi connectivity index (χ3n) is 3.70. The lowest BCUT2D eigenvalue weighted by Crippen LogP contribution is -2.25. The summed E-state index contributed by atoms with van der Waals surface area (Å²) in [6.45, 7) is 0.369. The van der Waals surface area contributed by atoms with Crippen molar-refractivity contribution in [3.8, 4) is 11.5 Å². The van der Waals surface area contributed by atoms with Gasteiger partial charge in [-0.15, -0.1) is 0 Å². The van der Waals surface area contributed by atoms with Gasteiger partial charge in [0.2, 0.25) is 5.91 Å². The fraction of sp³-hybridized carbons (Fsp3) is 0.263. The first kappa shape index (κ1) is 21.1. The summed E-state index contributed by atoms with van der Waals surface area (Å²) in [6.07, 6.45) is 0.797. The molecule has 0 saturated carbocycles. The van der Waals surface area contributed by atoms with Crippen molar-refractivity contribution < 1.29 is 19.1 Å². The van der Waals surface area contributed by atoms with Crippen LogP contribution in [0.2, 0.25) is 5.02 Å². The third kappa shape index (κ3) is 6.15. The van der Waals surface area contributed by atoms with Crippen molar-refractivity contribution in [2.45, 2.75) is 12.8 Å². The number of ether oxygens (including phenoxy) is 2. The first-order valence-electron chi connectivity index (χ1n) is 8.19. The van der Waals surface area contributed by atoms with Crippen molar-refractivity contribution in [3.05, 3.63) is 51.5 Å². The normalized spacial score (nSPS) is 10.2. The molecular weight excluding hydrogens is 436 g/mol. The highest BCUT2D eigenvalue weighted by molar-refractivity contribution is 9.10. The van der Waals surface area contributed by atoms with E-state index in [1.54, 1.807) is 36.4 Å². The average molecular weight is 456 g/mol. The molecule has 2 N–H and O–H groups in total. The van der Waals surface area contributed by atoms with E-state index in [2.05, 4.69) is 26.6 Å². The smallest absolute Gasteiger partial charge is 0.251 e. The molecule has 2 rings (SSSR count). The van der Waals surface area contributed by atoms with Crippen LogP contribution in [0.1, 0.15) is 23.2 Å². The molecule has 8 heteroatoms. The van der Waals surface area contributed by atoms with Gasteiger partial charge in [-0.1, -0.05) is 11.6 Å². The van der Waals surface area contributed by atoms with E-state index in [9.17, 15) is 9.59 Å². The Labute approximate surface area is 171 Å². The molecule has 6 nitrogen and oxygen atoms in total. The number of benzene rings is 2. The fourth-order valence-electron chi connectivity index (χ4n) is 2.31. The van der Waals surface area contributed by atoms with Gasteiger partial charge >= 0.3 is 0 Å². The second kappa shape index (κ2) is 10.2. The Hall–Kier alpha value is -2.25. The number of amides is 2. The molecule has 0 aliphatic carbocycles. The van der Waals surface area contributed by atoms with E-state index < -0.39 is 0 Å². The van der Waals surface area contributed by atoms with Crippen LogP contribution in [0.5, 0.6) is 11.5 Å². The molecule has 0 atom stereocenters. The van der Waals surface area contributed by atoms with Crippen LogP contribution >= 0.6 is 27.5 Å². The van der Waals surface area contributed by atoms with Crippen LogP contribution in [0.3, 0.4) is 0 Å². The Morgan fingerprint density at radius 2 is 1.67 bits per heavy atom. The largest absolute Gasteiger partial charge is 0.495 e. The Balaban J connectivity index is 1.82. The van der Waals surface area contributed by atoms with Crippen molar-refractivity contribution in [1.29, 1.82) is 0 Å². The summed E-state index contributed by atoms with van der Waals surface area (Å²) in [5.74, 6) is 0.611. The Kier molecular flexibility index (Phi) is 7.94. The molecule has 27 heavy (non-hydrogen) atoms. The average Bonchev–Trinajstić information content (AvgIpc) is 2.67. The maximum absolute atomic E-state index is 12.3. The van der Waals surface area contributed by atoms with Gasteiger partial charge in [-0.2, -0.15) is 0 Å². The molecule has 2 amide bonds. The van der Waals surface area contributed by atoms with Crippen LogP contribution in [0, 0.1) is 0 Å². The molecule has 2 aromatic rings. The SMILES string of the molecule is COc1cc(C(=O)NCCCC(=O)Nc2ccc(Cl)cc2)cc(OC)c1Br. The van der Waals surface area contributed by atoms with Crippen molar-refractivity contribution in [2.24, 2.45) is 0 Å². The van der Waals surface area contributed by atoms with E-state index in [0.717, 1.165) is 0 Å². The van der Waals surface area contributed by atoms with E-state index in [0.29, 0.717) is 45.2 Å². The van der Waals surface area contributed by atoms with Gasteiger partial charge in [0.15, 0.2) is 0 Å². The molecule has 0 radical (unpaired) electrons. The zero-order valence-corrected chi connectivity index (χ0v) is 17.3. The van der Waals surface area contributed by atoms with Crippen molar-refractivity contribution in [1.82, 2.24) is 5.32 Å². The van der Waals surface area contributed by atoms with Crippen LogP contribution in [0.4, 0.5) is 5.69 Å². The Bertz CT molecular complexity index is 787. The van der Waals surface area contributed by atoms with Crippen LogP contribution in [0.25, 0.3) is 0 Å². The third-order valence-corrected chi connectivity index (χ3v) is 4.74. The van der Waals surface area contributed by atoms with E-state index in [1.807, 2.05) is 0 Å². The summed E-state index contributed by atoms with van der Waals surface area (Å²) in [5, 5.41) is 6.17. The minimum absolute atomic E-state index is 0.126. The number of rotatable bonds is 8. The molecule has 0 aliphatic heterocycles. The monoisotopic (exact) mass is 454 g/mol. The molecule has 0 fully saturated rings. The maximum atomic E-state index is 12.3. The number of carbonyl (C=O) groups is 2. The summed E-state index contributed by atoms with van der Waals surface area (Å²) in [7, 11) is 3.03. The van der Waals surface area contributed by atoms with Gasteiger partial charge in [0, 0.05) is 29.2 Å². The number of hydrogen-bond donors (Lipinski definition) is 2. The molecule has 0 saturated heterocycles. The number of anilines is 1. The first-order chi connectivity index (χ1) is 12.9. The number of methoxy groups -OCH3 is 2. The summed E-state index contributed by atoms with van der Waals surface area (Å²) in [5.41, 5.74) is 1.10. The second-order valence-corrected chi connectivity index (χ2v) is 6.84. The lowest BCUT2D eigenvalue weighted by molar-refractivity contribution is -0.116. The molecule has 2 aromatic carbocycles. The predicted octanol–water partition coefficient (Wildman–Crippen LogP) is 4.27. The second-order valence-electron chi connectivity index (χ2n) is 5.61. The molecule has 0 spiro atoms. The zero-order valence-electron chi connectivity index (χ0n) is 15.0. The molecule has 0 aromatic heterocycles. The van der Waals surface area contributed by atoms with Crippen molar-refractivity contribution >= 4 is 45.0 Å². The molecule has 0 heterocycles. The standard InChI is InChI=1S/C19H20BrClN2O4/c1-26-15-10-12(11-16(27-2)18(15)20)19(25)22-9-3-4-17(24)23-14-7-5-13(21)6-8-14/h5-8,10-11H,3-4,9H2,1-2H3,(H,22,25)(H,23,24). The number of carbonyl (C=O) groups excluding carboxylic acids is 2. The zero-order chi connectivity index (χ0) is 19.8. The minimum atomic E-state index is -0.266. The van der Waals surface area contributed by atoms with Gasteiger partial charge in [-0.25, -0.2) is 0 Å². The number of nitrogens with one attached hydrogen (secondary N) is 2. The summed E-state index contributed by atoms with van der Waals surface area (Å²) in [6, 6.07) is 10.1. The van der Waals surface area contributed by atoms with Crippen LogP contribution < -0.4 is 20.1 Å². The number of halogens is 2. The summed E-state index contributed by atoms with van der Waals surface area (Å²) in [4.78, 5) is 24.2. The quantitative estimate of drug-likeness (QED) is 0.583. The van der Waals surface area contributed by atoms with Crippen LogP contribution in [-0.2, 0) is 4.79 Å². The maximum Gasteiger partial charge on any atom is 0.251 e. The lowest BCUT2D eigenvalue weighted by atomic mass is 10.2. The van der Waals surface area contributed by atoms with Crippen molar-refractivity contribution in [3.63, 3.8) is 0 Å². The summed E-state index contributed by atoms with van der Waals surface area (Å²) < 4.78 is 11.1. The number of hydrogen-bond acceptors (Lipinski definition) is 4. The fourth-order valence-corrected chi connectivity index (χ4v) is 2.99. The Morgan fingerprint density at radius 3 is 2.22 bits per heavy atom. The first-order valence-corrected chi connectivity index (χ1v) is 9.37. The highest BCUT2D eigenvalue weighted by atomic mass is 79.9. The Morgan fingerprint density at radius 1 is 1.07 bits per heavy atom. The lowest BCUT2D eigenvalue weighted by Gasteiger charge is -2.12. The predicted molar refractivity (Wildman–Crippen MR) is 109 cm³/mol. The van der Waals surface area contributed by atoms with E-state index in [-0.39, 0.29) is 18.2 Å². The van der Waals surface area contributed by atoms with E-state index in [4.69, 9.17) is 21.1 Å². The van der Waals surface area contributed by atoms with E-state index in [1.165, 1.54) is 14.2 Å². The molecule has 0 bridgehead atoms. The van der Waals surface area contributed by atoms with Gasteiger partial charge < -0.3 is 20.1 Å². The highest BCUT2D eigenvalue weighted by Crippen LogP contribution is 2.35. The van der Waals surface area contributed by atoms with E-state index >= 15 is 0 Å². The van der Waals surface area contributed by atoms with Crippen LogP contribution in [-0.4, -0.2) is 32.6 Å². The van der Waals surface area contributed by atoms with Crippen LogP contribution in [0.15, 0.2) is 40.9 Å². The topological polar surface area (TPSA) is 76.7 Å². The summed E-state index contributed by atoms with van der Waals surface area (Å²) >= 11 is 9.17. The molecule has 0 aliphatic rings. The van der Waals surface area contributed by atoms with Gasteiger partial charge in [0.1, 0.15) is 16.0 Å². The van der Waals surface area contributed by atoms with Gasteiger partial charge in [0.05, 0.1) is 14.2 Å². The minimum Gasteiger partial charge on any atom is -0.495 e. The highest BCUT2D eigenvalue weighted by Gasteiger charge is 2.14. The van der Waals surface area contributed by atoms with Gasteiger partial charge in [-0.05, 0) is 58.7 Å². The molecular formula is C19H20BrClN2O4. The molecule has 144 valence electrons. The van der Waals surface area contributed by atoms with Gasteiger partial charge in [-0.3, -0.25) is 9.59 Å². The molecule has 0 unspecified atom stereocenters. The van der Waals surface area contributed by atoms with Crippen molar-refractivity contribution in [2.75, 3.05) is 26.1 Å².